The third-order valence-electron chi connectivity index (χ3n) is 3.49. The number of anilines is 2. The van der Waals surface area contributed by atoms with Crippen LogP contribution in [0.3, 0.4) is 0 Å². The number of nitroso groups, excluding NO2 is 1. The molecule has 2 heterocycles. The highest BCUT2D eigenvalue weighted by atomic mass is 19.1. The van der Waals surface area contributed by atoms with Crippen LogP contribution in [0.25, 0.3) is 0 Å². The van der Waals surface area contributed by atoms with Crippen molar-refractivity contribution < 1.29 is 4.39 Å². The van der Waals surface area contributed by atoms with Gasteiger partial charge in [-0.1, -0.05) is 0 Å². The van der Waals surface area contributed by atoms with Crippen molar-refractivity contribution in [2.75, 3.05) is 36.0 Å². The van der Waals surface area contributed by atoms with Crippen molar-refractivity contribution in [2.24, 2.45) is 5.18 Å². The van der Waals surface area contributed by atoms with E-state index in [1.54, 1.807) is 12.1 Å². The zero-order valence-corrected chi connectivity index (χ0v) is 11.3. The predicted octanol–water partition coefficient (Wildman–Crippen LogP) is 2.34. The van der Waals surface area contributed by atoms with Crippen LogP contribution in [0.1, 0.15) is 0 Å². The van der Waals surface area contributed by atoms with Crippen LogP contribution < -0.4 is 9.80 Å². The largest absolute Gasteiger partial charge is 0.368 e. The Hall–Kier alpha value is -2.57. The molecule has 0 aliphatic carbocycles. The molecule has 7 heteroatoms. The van der Waals surface area contributed by atoms with Gasteiger partial charge < -0.3 is 9.80 Å². The summed E-state index contributed by atoms with van der Waals surface area (Å²) >= 11 is 0. The molecule has 0 unspecified atom stereocenters. The Morgan fingerprint density at radius 1 is 0.952 bits per heavy atom. The molecule has 6 nitrogen and oxygen atoms in total. The summed E-state index contributed by atoms with van der Waals surface area (Å²) in [6.07, 6.45) is 2.36. The van der Waals surface area contributed by atoms with E-state index >= 15 is 0 Å². The van der Waals surface area contributed by atoms with Crippen molar-refractivity contribution in [2.45, 2.75) is 0 Å². The number of rotatable bonds is 3. The van der Waals surface area contributed by atoms with Crippen LogP contribution in [-0.4, -0.2) is 36.1 Å². The van der Waals surface area contributed by atoms with E-state index in [0.717, 1.165) is 31.9 Å². The third kappa shape index (κ3) is 2.96. The zero-order chi connectivity index (χ0) is 14.7. The summed E-state index contributed by atoms with van der Waals surface area (Å²) < 4.78 is 12.8. The molecule has 3 rings (SSSR count). The summed E-state index contributed by atoms with van der Waals surface area (Å²) in [4.78, 5) is 22.6. The zero-order valence-electron chi connectivity index (χ0n) is 11.3. The fraction of sp³-hybridized carbons (Fsp3) is 0.286. The molecule has 0 bridgehead atoms. The van der Waals surface area contributed by atoms with Gasteiger partial charge in [0, 0.05) is 31.9 Å². The first-order valence-corrected chi connectivity index (χ1v) is 6.67. The van der Waals surface area contributed by atoms with Gasteiger partial charge in [0.15, 0.2) is 5.82 Å². The molecule has 108 valence electrons. The van der Waals surface area contributed by atoms with Gasteiger partial charge in [0.05, 0.1) is 12.4 Å². The van der Waals surface area contributed by atoms with Crippen LogP contribution in [0.4, 0.5) is 21.7 Å². The number of nitrogens with zero attached hydrogens (tertiary/aromatic N) is 5. The Bertz CT molecular complexity index is 608. The van der Waals surface area contributed by atoms with Crippen molar-refractivity contribution in [3.8, 4) is 0 Å². The highest BCUT2D eigenvalue weighted by Gasteiger charge is 2.19. The van der Waals surface area contributed by atoms with Crippen LogP contribution >= 0.6 is 0 Å². The minimum Gasteiger partial charge on any atom is -0.368 e. The molecule has 1 fully saturated rings. The summed E-state index contributed by atoms with van der Waals surface area (Å²) in [6, 6.07) is 7.19. The van der Waals surface area contributed by atoms with Gasteiger partial charge in [-0.15, -0.1) is 4.91 Å². The fourth-order valence-corrected chi connectivity index (χ4v) is 2.36. The van der Waals surface area contributed by atoms with Crippen LogP contribution in [0, 0.1) is 10.7 Å². The Morgan fingerprint density at radius 2 is 1.52 bits per heavy atom. The van der Waals surface area contributed by atoms with Crippen molar-refractivity contribution in [1.29, 1.82) is 0 Å². The second-order valence-electron chi connectivity index (χ2n) is 4.78. The average molecular weight is 287 g/mol. The third-order valence-corrected chi connectivity index (χ3v) is 3.49. The molecule has 0 amide bonds. The predicted molar refractivity (Wildman–Crippen MR) is 78.3 cm³/mol. The lowest BCUT2D eigenvalue weighted by molar-refractivity contribution is 0.602. The van der Waals surface area contributed by atoms with Crippen LogP contribution in [0.15, 0.2) is 41.8 Å². The number of aromatic nitrogens is 2. The quantitative estimate of drug-likeness (QED) is 0.811. The molecule has 1 aliphatic rings. The fourth-order valence-electron chi connectivity index (χ4n) is 2.36. The first-order chi connectivity index (χ1) is 10.3. The van der Waals surface area contributed by atoms with Crippen LogP contribution in [0.5, 0.6) is 0 Å². The van der Waals surface area contributed by atoms with Gasteiger partial charge in [0.2, 0.25) is 5.95 Å². The van der Waals surface area contributed by atoms with E-state index in [4.69, 9.17) is 0 Å². The lowest BCUT2D eigenvalue weighted by atomic mass is 10.2. The maximum Gasteiger partial charge on any atom is 0.225 e. The molecule has 0 N–H and O–H groups in total. The number of benzene rings is 1. The van der Waals surface area contributed by atoms with Crippen molar-refractivity contribution in [3.05, 3.63) is 47.4 Å². The highest BCUT2D eigenvalue weighted by molar-refractivity contribution is 5.53. The standard InChI is InChI=1S/C14H14FN5O/c15-11-9-16-14(17-10-11)20-7-5-19(6-8-20)13-3-1-12(18-21)2-4-13/h1-4,9-10H,5-8H2. The van der Waals surface area contributed by atoms with Crippen molar-refractivity contribution in [3.63, 3.8) is 0 Å². The van der Waals surface area contributed by atoms with E-state index in [1.165, 1.54) is 12.4 Å². The Morgan fingerprint density at radius 3 is 2.10 bits per heavy atom. The Balaban J connectivity index is 1.64. The van der Waals surface area contributed by atoms with E-state index in [0.29, 0.717) is 11.6 Å². The summed E-state index contributed by atoms with van der Waals surface area (Å²) in [5.41, 5.74) is 1.49. The smallest absolute Gasteiger partial charge is 0.225 e. The lowest BCUT2D eigenvalue weighted by Crippen LogP contribution is -2.47. The SMILES string of the molecule is O=Nc1ccc(N2CCN(c3ncc(F)cn3)CC2)cc1. The number of hydrogen-bond acceptors (Lipinski definition) is 6. The molecule has 0 atom stereocenters. The van der Waals surface area contributed by atoms with Crippen LogP contribution in [-0.2, 0) is 0 Å². The summed E-state index contributed by atoms with van der Waals surface area (Å²) in [5, 5.41) is 2.89. The maximum atomic E-state index is 12.8. The molecular formula is C14H14FN5O. The topological polar surface area (TPSA) is 61.7 Å². The minimum absolute atomic E-state index is 0.428. The van der Waals surface area contributed by atoms with Gasteiger partial charge in [0.25, 0.3) is 0 Å². The maximum absolute atomic E-state index is 12.8. The summed E-state index contributed by atoms with van der Waals surface area (Å²) in [7, 11) is 0. The van der Waals surface area contributed by atoms with Gasteiger partial charge in [-0.05, 0) is 29.4 Å². The first-order valence-electron chi connectivity index (χ1n) is 6.67. The molecule has 1 aromatic heterocycles. The molecule has 21 heavy (non-hydrogen) atoms. The molecule has 2 aromatic rings. The van der Waals surface area contributed by atoms with Gasteiger partial charge in [0.1, 0.15) is 5.69 Å². The molecule has 1 aliphatic heterocycles. The monoisotopic (exact) mass is 287 g/mol. The van der Waals surface area contributed by atoms with Gasteiger partial charge >= 0.3 is 0 Å². The van der Waals surface area contributed by atoms with Gasteiger partial charge in [-0.25, -0.2) is 14.4 Å². The van der Waals surface area contributed by atoms with Crippen molar-refractivity contribution in [1.82, 2.24) is 9.97 Å². The second-order valence-corrected chi connectivity index (χ2v) is 4.78. The van der Waals surface area contributed by atoms with Crippen molar-refractivity contribution >= 4 is 17.3 Å². The van der Waals surface area contributed by atoms with E-state index in [1.807, 2.05) is 17.0 Å². The second kappa shape index (κ2) is 5.82. The number of hydrogen-bond donors (Lipinski definition) is 0. The first kappa shape index (κ1) is 13.4. The summed E-state index contributed by atoms with van der Waals surface area (Å²) in [6.45, 7) is 3.15. The van der Waals surface area contributed by atoms with E-state index in [9.17, 15) is 9.30 Å². The van der Waals surface area contributed by atoms with E-state index in [2.05, 4.69) is 20.0 Å². The Labute approximate surface area is 121 Å². The number of piperazine rings is 1. The normalized spacial score (nSPS) is 15.1. The summed E-state index contributed by atoms with van der Waals surface area (Å²) in [5.74, 6) is 0.123. The molecule has 0 saturated carbocycles. The molecule has 0 radical (unpaired) electrons. The molecule has 0 spiro atoms. The van der Waals surface area contributed by atoms with E-state index in [-0.39, 0.29) is 0 Å². The van der Waals surface area contributed by atoms with Gasteiger partial charge in [-0.2, -0.15) is 0 Å². The van der Waals surface area contributed by atoms with E-state index < -0.39 is 5.82 Å². The molecule has 1 aromatic carbocycles. The molecular weight excluding hydrogens is 273 g/mol. The van der Waals surface area contributed by atoms with Gasteiger partial charge in [-0.3, -0.25) is 0 Å². The number of halogens is 1. The highest BCUT2D eigenvalue weighted by Crippen LogP contribution is 2.21. The van der Waals surface area contributed by atoms with Crippen LogP contribution in [0.2, 0.25) is 0 Å². The lowest BCUT2D eigenvalue weighted by Gasteiger charge is -2.36. The Kier molecular flexibility index (Phi) is 3.72. The average Bonchev–Trinajstić information content (AvgIpc) is 2.56. The molecule has 1 saturated heterocycles. The minimum atomic E-state index is -0.429.